The van der Waals surface area contributed by atoms with E-state index in [0.29, 0.717) is 24.1 Å². The van der Waals surface area contributed by atoms with Crippen molar-refractivity contribution in [3.8, 4) is 0 Å². The highest BCUT2D eigenvalue weighted by Crippen LogP contribution is 2.38. The van der Waals surface area contributed by atoms with Crippen LogP contribution in [0.2, 0.25) is 0 Å². The highest BCUT2D eigenvalue weighted by Gasteiger charge is 2.20. The van der Waals surface area contributed by atoms with E-state index in [9.17, 15) is 14.3 Å². The fourth-order valence-corrected chi connectivity index (χ4v) is 5.95. The standard InChI is InChI=1S/C45H80NO7P/c1-6-8-10-12-14-16-18-20-22-23-24-26-28-30-32-34-36-38-45(47)53-44(43-52-54(48,49)51-41-39-46(3,4)5)42-50-40-37-35-33-31-29-27-25-21-19-17-15-13-11-9-7-2/h8,10,14,16,19-22,24,26,30,32,44H,6-7,9,11-13,15,17-18,23,25,27-29,31,33-43H2,1-5H3/b10-8-,16-14-,21-19-,22-20-,26-24-,32-30-. The van der Waals surface area contributed by atoms with Gasteiger partial charge in [0.2, 0.25) is 0 Å². The molecule has 0 N–H and O–H groups in total. The summed E-state index contributed by atoms with van der Waals surface area (Å²) in [5.74, 6) is -0.395. The van der Waals surface area contributed by atoms with E-state index in [2.05, 4.69) is 86.8 Å². The highest BCUT2D eigenvalue weighted by atomic mass is 31.2. The second-order valence-electron chi connectivity index (χ2n) is 15.0. The van der Waals surface area contributed by atoms with E-state index in [1.165, 1.54) is 64.2 Å². The van der Waals surface area contributed by atoms with Crippen molar-refractivity contribution < 1.29 is 37.3 Å². The molecule has 312 valence electrons. The molecule has 0 amide bonds. The van der Waals surface area contributed by atoms with Crippen LogP contribution in [0.5, 0.6) is 0 Å². The molecule has 0 saturated heterocycles. The smallest absolute Gasteiger partial charge is 0.306 e. The van der Waals surface area contributed by atoms with Gasteiger partial charge in [-0.25, -0.2) is 0 Å². The van der Waals surface area contributed by atoms with Gasteiger partial charge in [-0.2, -0.15) is 0 Å². The fraction of sp³-hybridized carbons (Fsp3) is 0.711. The number of likely N-dealkylation sites (N-methyl/N-ethyl adjacent to an activating group) is 1. The van der Waals surface area contributed by atoms with Crippen LogP contribution in [0.15, 0.2) is 72.9 Å². The van der Waals surface area contributed by atoms with Crippen LogP contribution in [0, 0.1) is 0 Å². The molecule has 0 aliphatic rings. The van der Waals surface area contributed by atoms with Crippen LogP contribution in [0.4, 0.5) is 0 Å². The Labute approximate surface area is 332 Å². The SMILES string of the molecule is CC/C=C\C/C=C\C/C=C\C/C=C\C/C=C\CCCC(=O)OC(COCCCCCCCC/C=C\CCCCCCC)COP(=O)([O-])OCC[N+](C)(C)C. The number of carbonyl (C=O) groups excluding carboxylic acids is 1. The zero-order valence-electron chi connectivity index (χ0n) is 35.1. The molecule has 2 atom stereocenters. The van der Waals surface area contributed by atoms with E-state index in [1.807, 2.05) is 21.1 Å². The molecule has 2 unspecified atom stereocenters. The van der Waals surface area contributed by atoms with E-state index >= 15 is 0 Å². The van der Waals surface area contributed by atoms with Crippen molar-refractivity contribution in [1.29, 1.82) is 0 Å². The van der Waals surface area contributed by atoms with E-state index in [0.717, 1.165) is 57.8 Å². The molecule has 0 aromatic carbocycles. The lowest BCUT2D eigenvalue weighted by Crippen LogP contribution is -2.37. The largest absolute Gasteiger partial charge is 0.756 e. The monoisotopic (exact) mass is 778 g/mol. The summed E-state index contributed by atoms with van der Waals surface area (Å²) < 4.78 is 34.5. The number of nitrogens with zero attached hydrogens (tertiary/aromatic N) is 1. The van der Waals surface area contributed by atoms with Gasteiger partial charge in [0.05, 0.1) is 34.4 Å². The Bertz CT molecular complexity index is 1090. The van der Waals surface area contributed by atoms with Crippen LogP contribution in [0.3, 0.4) is 0 Å². The van der Waals surface area contributed by atoms with Crippen molar-refractivity contribution in [2.24, 2.45) is 0 Å². The average Bonchev–Trinajstić information content (AvgIpc) is 3.12. The van der Waals surface area contributed by atoms with E-state index in [-0.39, 0.29) is 26.2 Å². The maximum atomic E-state index is 12.6. The zero-order chi connectivity index (χ0) is 39.9. The quantitative estimate of drug-likeness (QED) is 0.0202. The second kappa shape index (κ2) is 37.8. The van der Waals surface area contributed by atoms with Crippen LogP contribution in [-0.2, 0) is 27.9 Å². The first-order chi connectivity index (χ1) is 26.1. The average molecular weight is 778 g/mol. The summed E-state index contributed by atoms with van der Waals surface area (Å²) in [4.78, 5) is 25.0. The third-order valence-electron chi connectivity index (χ3n) is 8.49. The number of hydrogen-bond acceptors (Lipinski definition) is 7. The number of quaternary nitrogens is 1. The van der Waals surface area contributed by atoms with E-state index in [1.54, 1.807) is 0 Å². The zero-order valence-corrected chi connectivity index (χ0v) is 36.0. The van der Waals surface area contributed by atoms with Gasteiger partial charge in [0.25, 0.3) is 7.82 Å². The van der Waals surface area contributed by atoms with Crippen molar-refractivity contribution >= 4 is 13.8 Å². The second-order valence-corrected chi connectivity index (χ2v) is 16.4. The Hall–Kier alpha value is -2.06. The number of ether oxygens (including phenoxy) is 2. The third-order valence-corrected chi connectivity index (χ3v) is 9.46. The number of allylic oxidation sites excluding steroid dienone is 12. The van der Waals surface area contributed by atoms with Gasteiger partial charge in [-0.15, -0.1) is 0 Å². The summed E-state index contributed by atoms with van der Waals surface area (Å²) in [6.45, 7) is 5.17. The Balaban J connectivity index is 4.39. The van der Waals surface area contributed by atoms with Gasteiger partial charge in [0.15, 0.2) is 0 Å². The Morgan fingerprint density at radius 1 is 0.593 bits per heavy atom. The number of esters is 1. The molecule has 54 heavy (non-hydrogen) atoms. The Kier molecular flexibility index (Phi) is 36.4. The molecule has 0 radical (unpaired) electrons. The van der Waals surface area contributed by atoms with Crippen LogP contribution in [-0.4, -0.2) is 70.7 Å². The van der Waals surface area contributed by atoms with Gasteiger partial charge in [-0.05, 0) is 77.0 Å². The summed E-state index contributed by atoms with van der Waals surface area (Å²) in [6.07, 6.45) is 47.8. The first kappa shape index (κ1) is 51.9. The molecule has 0 saturated carbocycles. The molecule has 0 spiro atoms. The topological polar surface area (TPSA) is 94.1 Å². The van der Waals surface area contributed by atoms with Gasteiger partial charge in [0.1, 0.15) is 19.3 Å². The molecule has 9 heteroatoms. The molecule has 0 aromatic heterocycles. The molecule has 0 aliphatic carbocycles. The van der Waals surface area contributed by atoms with Crippen molar-refractivity contribution in [2.75, 3.05) is 54.1 Å². The maximum Gasteiger partial charge on any atom is 0.306 e. The molecular formula is C45H80NO7P. The summed E-state index contributed by atoms with van der Waals surface area (Å²) >= 11 is 0. The maximum absolute atomic E-state index is 12.6. The molecule has 0 bridgehead atoms. The molecule has 8 nitrogen and oxygen atoms in total. The predicted octanol–water partition coefficient (Wildman–Crippen LogP) is 11.7. The number of unbranched alkanes of at least 4 members (excludes halogenated alkanes) is 12. The number of phosphoric acid groups is 1. The van der Waals surface area contributed by atoms with Gasteiger partial charge in [-0.3, -0.25) is 9.36 Å². The van der Waals surface area contributed by atoms with E-state index in [4.69, 9.17) is 18.5 Å². The van der Waals surface area contributed by atoms with Gasteiger partial charge in [0, 0.05) is 13.0 Å². The van der Waals surface area contributed by atoms with E-state index < -0.39 is 19.9 Å². The summed E-state index contributed by atoms with van der Waals surface area (Å²) in [6, 6.07) is 0. The van der Waals surface area contributed by atoms with Crippen molar-refractivity contribution in [2.45, 2.75) is 155 Å². The van der Waals surface area contributed by atoms with Gasteiger partial charge < -0.3 is 27.9 Å². The van der Waals surface area contributed by atoms with Crippen LogP contribution < -0.4 is 4.89 Å². The van der Waals surface area contributed by atoms with Crippen molar-refractivity contribution in [3.63, 3.8) is 0 Å². The third kappa shape index (κ3) is 41.1. The Morgan fingerprint density at radius 3 is 1.63 bits per heavy atom. The van der Waals surface area contributed by atoms with Crippen molar-refractivity contribution in [1.82, 2.24) is 0 Å². The number of phosphoric ester groups is 1. The first-order valence-electron chi connectivity index (χ1n) is 21.2. The summed E-state index contributed by atoms with van der Waals surface area (Å²) in [5.41, 5.74) is 0. The Morgan fingerprint density at radius 2 is 1.07 bits per heavy atom. The number of carbonyl (C=O) groups is 1. The lowest BCUT2D eigenvalue weighted by atomic mass is 10.1. The lowest BCUT2D eigenvalue weighted by Gasteiger charge is -2.28. The normalized spacial score (nSPS) is 14.6. The van der Waals surface area contributed by atoms with Crippen LogP contribution in [0.25, 0.3) is 0 Å². The first-order valence-corrected chi connectivity index (χ1v) is 22.6. The molecular weight excluding hydrogens is 697 g/mol. The molecule has 0 rings (SSSR count). The molecule has 0 heterocycles. The number of hydrogen-bond donors (Lipinski definition) is 0. The molecule has 0 aromatic rings. The minimum Gasteiger partial charge on any atom is -0.756 e. The summed E-state index contributed by atoms with van der Waals surface area (Å²) in [5, 5.41) is 0. The number of rotatable bonds is 38. The molecule has 0 aliphatic heterocycles. The predicted molar refractivity (Wildman–Crippen MR) is 226 cm³/mol. The van der Waals surface area contributed by atoms with Gasteiger partial charge >= 0.3 is 5.97 Å². The van der Waals surface area contributed by atoms with Crippen LogP contribution in [0.1, 0.15) is 149 Å². The summed E-state index contributed by atoms with van der Waals surface area (Å²) in [7, 11) is 1.30. The highest BCUT2D eigenvalue weighted by molar-refractivity contribution is 7.45. The molecule has 0 fully saturated rings. The minimum atomic E-state index is -4.54. The fourth-order valence-electron chi connectivity index (χ4n) is 5.22. The van der Waals surface area contributed by atoms with Gasteiger partial charge in [-0.1, -0.05) is 138 Å². The minimum absolute atomic E-state index is 0.0108. The van der Waals surface area contributed by atoms with Crippen molar-refractivity contribution in [3.05, 3.63) is 72.9 Å². The lowest BCUT2D eigenvalue weighted by molar-refractivity contribution is -0.870. The van der Waals surface area contributed by atoms with Crippen LogP contribution >= 0.6 is 7.82 Å².